The molecule has 2 amide bonds. The maximum absolute atomic E-state index is 12.5. The molecule has 0 unspecified atom stereocenters. The summed E-state index contributed by atoms with van der Waals surface area (Å²) in [5, 5.41) is 15.2. The number of piperazine rings is 1. The van der Waals surface area contributed by atoms with E-state index in [1.807, 2.05) is 18.0 Å². The minimum absolute atomic E-state index is 0.0158. The summed E-state index contributed by atoms with van der Waals surface area (Å²) in [6.45, 7) is 3.17. The molecule has 31 heavy (non-hydrogen) atoms. The Balaban J connectivity index is 1.42. The van der Waals surface area contributed by atoms with Crippen LogP contribution >= 0.6 is 0 Å². The highest BCUT2D eigenvalue weighted by Gasteiger charge is 2.29. The SMILES string of the molecule is CN1CCN(C(=O)CNc2cc(-c3cnc(NC(=O)C4CC4)cn3)cnc2C#N)CC1. The predicted molar refractivity (Wildman–Crippen MR) is 114 cm³/mol. The molecule has 1 saturated heterocycles. The summed E-state index contributed by atoms with van der Waals surface area (Å²) in [5.74, 6) is 0.446. The number of nitriles is 1. The highest BCUT2D eigenvalue weighted by Crippen LogP contribution is 2.30. The van der Waals surface area contributed by atoms with Gasteiger partial charge < -0.3 is 20.4 Å². The molecule has 0 radical (unpaired) electrons. The first-order valence-electron chi connectivity index (χ1n) is 10.3. The fourth-order valence-corrected chi connectivity index (χ4v) is 3.28. The Kier molecular flexibility index (Phi) is 6.04. The number of pyridine rings is 1. The highest BCUT2D eigenvalue weighted by molar-refractivity contribution is 5.93. The van der Waals surface area contributed by atoms with Gasteiger partial charge in [0.05, 0.1) is 30.3 Å². The molecule has 1 saturated carbocycles. The number of rotatable bonds is 6. The Morgan fingerprint density at radius 2 is 1.90 bits per heavy atom. The van der Waals surface area contributed by atoms with Crippen LogP contribution < -0.4 is 10.6 Å². The normalized spacial score (nSPS) is 16.5. The van der Waals surface area contributed by atoms with Gasteiger partial charge in [-0.1, -0.05) is 0 Å². The van der Waals surface area contributed by atoms with Crippen molar-refractivity contribution in [2.24, 2.45) is 5.92 Å². The van der Waals surface area contributed by atoms with Crippen molar-refractivity contribution in [3.05, 3.63) is 30.4 Å². The molecule has 1 aliphatic heterocycles. The van der Waals surface area contributed by atoms with Crippen LogP contribution in [0.25, 0.3) is 11.3 Å². The Hall–Kier alpha value is -3.58. The number of carbonyl (C=O) groups is 2. The van der Waals surface area contributed by atoms with Crippen LogP contribution in [-0.4, -0.2) is 76.3 Å². The molecule has 10 heteroatoms. The third-order valence-electron chi connectivity index (χ3n) is 5.43. The second kappa shape index (κ2) is 9.06. The zero-order valence-electron chi connectivity index (χ0n) is 17.3. The van der Waals surface area contributed by atoms with E-state index in [9.17, 15) is 14.9 Å². The quantitative estimate of drug-likeness (QED) is 0.707. The van der Waals surface area contributed by atoms with Gasteiger partial charge in [0.2, 0.25) is 11.8 Å². The van der Waals surface area contributed by atoms with Crippen LogP contribution in [0.1, 0.15) is 18.5 Å². The molecule has 0 atom stereocenters. The van der Waals surface area contributed by atoms with Crippen LogP contribution in [0, 0.1) is 17.2 Å². The average Bonchev–Trinajstić information content (AvgIpc) is 3.64. The molecule has 0 aromatic carbocycles. The first kappa shape index (κ1) is 20.7. The van der Waals surface area contributed by atoms with Crippen molar-refractivity contribution in [3.8, 4) is 17.3 Å². The number of hydrogen-bond acceptors (Lipinski definition) is 8. The van der Waals surface area contributed by atoms with Gasteiger partial charge in [-0.2, -0.15) is 5.26 Å². The van der Waals surface area contributed by atoms with Gasteiger partial charge in [-0.3, -0.25) is 14.6 Å². The minimum atomic E-state index is -0.0291. The van der Waals surface area contributed by atoms with Crippen LogP contribution in [0.4, 0.5) is 11.5 Å². The molecule has 2 aliphatic rings. The van der Waals surface area contributed by atoms with E-state index in [4.69, 9.17) is 0 Å². The van der Waals surface area contributed by atoms with Crippen LogP contribution in [0.15, 0.2) is 24.7 Å². The van der Waals surface area contributed by atoms with Crippen molar-refractivity contribution in [2.75, 3.05) is 50.4 Å². The molecule has 2 aromatic heterocycles. The summed E-state index contributed by atoms with van der Waals surface area (Å²) in [6.07, 6.45) is 6.42. The maximum Gasteiger partial charge on any atom is 0.241 e. The second-order valence-corrected chi connectivity index (χ2v) is 7.82. The minimum Gasteiger partial charge on any atom is -0.374 e. The Morgan fingerprint density at radius 1 is 1.13 bits per heavy atom. The molecular weight excluding hydrogens is 396 g/mol. The number of anilines is 2. The topological polar surface area (TPSA) is 127 Å². The maximum atomic E-state index is 12.5. The molecule has 0 spiro atoms. The van der Waals surface area contributed by atoms with Gasteiger partial charge >= 0.3 is 0 Å². The first-order chi connectivity index (χ1) is 15.0. The van der Waals surface area contributed by atoms with Crippen molar-refractivity contribution < 1.29 is 9.59 Å². The number of nitrogens with zero attached hydrogens (tertiary/aromatic N) is 6. The lowest BCUT2D eigenvalue weighted by Gasteiger charge is -2.32. The predicted octanol–water partition coefficient (Wildman–Crippen LogP) is 0.945. The van der Waals surface area contributed by atoms with Crippen molar-refractivity contribution in [1.82, 2.24) is 24.8 Å². The van der Waals surface area contributed by atoms with Gasteiger partial charge in [0, 0.05) is 43.9 Å². The summed E-state index contributed by atoms with van der Waals surface area (Å²) in [4.78, 5) is 41.1. The van der Waals surface area contributed by atoms with Crippen molar-refractivity contribution in [1.29, 1.82) is 5.26 Å². The number of likely N-dealkylation sites (N-methyl/N-ethyl adjacent to an activating group) is 1. The third kappa shape index (κ3) is 5.13. The average molecular weight is 420 g/mol. The number of hydrogen-bond donors (Lipinski definition) is 2. The molecule has 0 bridgehead atoms. The van der Waals surface area contributed by atoms with E-state index in [-0.39, 0.29) is 30.0 Å². The Bertz CT molecular complexity index is 1010. The molecule has 1 aliphatic carbocycles. The van der Waals surface area contributed by atoms with E-state index in [1.54, 1.807) is 18.5 Å². The molecule has 160 valence electrons. The standard InChI is InChI=1S/C21H24N8O2/c1-28-4-6-29(7-5-28)20(30)13-25-16-8-15(10-23-17(16)9-22)18-11-26-19(12-24-18)27-21(31)14-2-3-14/h8,10-12,14,25H,2-7,13H2,1H3,(H,26,27,31). The van der Waals surface area contributed by atoms with Gasteiger partial charge in [0.15, 0.2) is 11.5 Å². The van der Waals surface area contributed by atoms with E-state index in [0.29, 0.717) is 35.9 Å². The molecule has 3 heterocycles. The van der Waals surface area contributed by atoms with E-state index in [2.05, 4.69) is 30.5 Å². The third-order valence-corrected chi connectivity index (χ3v) is 5.43. The van der Waals surface area contributed by atoms with Gasteiger partial charge in [0.25, 0.3) is 0 Å². The van der Waals surface area contributed by atoms with Crippen LogP contribution in [0.2, 0.25) is 0 Å². The molecule has 10 nitrogen and oxygen atoms in total. The largest absolute Gasteiger partial charge is 0.374 e. The van der Waals surface area contributed by atoms with Gasteiger partial charge in [0.1, 0.15) is 6.07 Å². The van der Waals surface area contributed by atoms with E-state index >= 15 is 0 Å². The van der Waals surface area contributed by atoms with Crippen molar-refractivity contribution >= 4 is 23.3 Å². The number of amides is 2. The Morgan fingerprint density at radius 3 is 2.55 bits per heavy atom. The molecule has 4 rings (SSSR count). The van der Waals surface area contributed by atoms with Crippen LogP contribution in [-0.2, 0) is 9.59 Å². The van der Waals surface area contributed by atoms with E-state index < -0.39 is 0 Å². The first-order valence-corrected chi connectivity index (χ1v) is 10.3. The zero-order valence-corrected chi connectivity index (χ0v) is 17.3. The van der Waals surface area contributed by atoms with Gasteiger partial charge in [-0.15, -0.1) is 0 Å². The summed E-state index contributed by atoms with van der Waals surface area (Å²) in [5.41, 5.74) is 1.88. The molecule has 2 N–H and O–H groups in total. The molecular formula is C21H24N8O2. The van der Waals surface area contributed by atoms with Crippen molar-refractivity contribution in [2.45, 2.75) is 12.8 Å². The summed E-state index contributed by atoms with van der Waals surface area (Å²) in [7, 11) is 2.03. The smallest absolute Gasteiger partial charge is 0.241 e. The molecule has 2 fully saturated rings. The summed E-state index contributed by atoms with van der Waals surface area (Å²) >= 11 is 0. The fourth-order valence-electron chi connectivity index (χ4n) is 3.28. The van der Waals surface area contributed by atoms with Gasteiger partial charge in [-0.25, -0.2) is 9.97 Å². The Labute approximate surface area is 180 Å². The van der Waals surface area contributed by atoms with Crippen LogP contribution in [0.5, 0.6) is 0 Å². The zero-order chi connectivity index (χ0) is 21.8. The molecule has 2 aromatic rings. The summed E-state index contributed by atoms with van der Waals surface area (Å²) in [6, 6.07) is 3.77. The van der Waals surface area contributed by atoms with E-state index in [0.717, 1.165) is 25.9 Å². The van der Waals surface area contributed by atoms with Gasteiger partial charge in [-0.05, 0) is 26.0 Å². The number of aromatic nitrogens is 3. The monoisotopic (exact) mass is 420 g/mol. The lowest BCUT2D eigenvalue weighted by Crippen LogP contribution is -2.48. The lowest BCUT2D eigenvalue weighted by atomic mass is 10.1. The van der Waals surface area contributed by atoms with Crippen molar-refractivity contribution in [3.63, 3.8) is 0 Å². The number of nitrogens with one attached hydrogen (secondary N) is 2. The lowest BCUT2D eigenvalue weighted by molar-refractivity contribution is -0.130. The van der Waals surface area contributed by atoms with E-state index in [1.165, 1.54) is 6.20 Å². The highest BCUT2D eigenvalue weighted by atomic mass is 16.2. The second-order valence-electron chi connectivity index (χ2n) is 7.82. The number of carbonyl (C=O) groups excluding carboxylic acids is 2. The summed E-state index contributed by atoms with van der Waals surface area (Å²) < 4.78 is 0. The fraction of sp³-hybridized carbons (Fsp3) is 0.429. The van der Waals surface area contributed by atoms with Crippen LogP contribution in [0.3, 0.4) is 0 Å².